The number of halogens is 1. The van der Waals surface area contributed by atoms with Gasteiger partial charge in [-0.15, -0.1) is 0 Å². The third-order valence-corrected chi connectivity index (χ3v) is 4.25. The molecule has 1 aromatic carbocycles. The predicted octanol–water partition coefficient (Wildman–Crippen LogP) is 2.49. The maximum Gasteiger partial charge on any atom is 0.323 e. The fourth-order valence-corrected chi connectivity index (χ4v) is 2.68. The number of nitrogens with one attached hydrogen (secondary N) is 1. The number of rotatable bonds is 4. The van der Waals surface area contributed by atoms with Crippen molar-refractivity contribution in [1.82, 2.24) is 14.8 Å². The third kappa shape index (κ3) is 4.86. The number of aromatic nitrogens is 1. The fraction of sp³-hybridized carbons (Fsp3) is 0.278. The minimum Gasteiger partial charge on any atom is -0.484 e. The van der Waals surface area contributed by atoms with Crippen LogP contribution in [0.3, 0.4) is 0 Å². The van der Waals surface area contributed by atoms with Crippen LogP contribution >= 0.6 is 11.6 Å². The molecule has 8 heteroatoms. The predicted molar refractivity (Wildman–Crippen MR) is 98.4 cm³/mol. The highest BCUT2D eigenvalue weighted by molar-refractivity contribution is 6.30. The number of hydrogen-bond acceptors (Lipinski definition) is 4. The highest BCUT2D eigenvalue weighted by Crippen LogP contribution is 2.15. The van der Waals surface area contributed by atoms with Crippen LogP contribution < -0.4 is 10.1 Å². The molecule has 1 saturated heterocycles. The molecule has 1 aromatic heterocycles. The van der Waals surface area contributed by atoms with Crippen LogP contribution in [-0.4, -0.2) is 59.5 Å². The first kappa shape index (κ1) is 18.0. The van der Waals surface area contributed by atoms with Gasteiger partial charge in [-0.2, -0.15) is 0 Å². The monoisotopic (exact) mass is 374 g/mol. The van der Waals surface area contributed by atoms with Crippen molar-refractivity contribution in [3.05, 3.63) is 53.7 Å². The number of hydrogen-bond donors (Lipinski definition) is 1. The van der Waals surface area contributed by atoms with Crippen molar-refractivity contribution in [3.63, 3.8) is 0 Å². The van der Waals surface area contributed by atoms with E-state index in [0.29, 0.717) is 42.8 Å². The number of amides is 3. The van der Waals surface area contributed by atoms with E-state index in [-0.39, 0.29) is 18.5 Å². The second kappa shape index (κ2) is 8.53. The Hall–Kier alpha value is -2.80. The van der Waals surface area contributed by atoms with Gasteiger partial charge in [-0.25, -0.2) is 9.78 Å². The molecule has 0 atom stereocenters. The van der Waals surface area contributed by atoms with E-state index >= 15 is 0 Å². The summed E-state index contributed by atoms with van der Waals surface area (Å²) in [5, 5.41) is 3.36. The highest BCUT2D eigenvalue weighted by atomic mass is 35.5. The maximum absolute atomic E-state index is 12.3. The number of urea groups is 1. The molecule has 3 amide bonds. The Morgan fingerprint density at radius 2 is 1.73 bits per heavy atom. The van der Waals surface area contributed by atoms with Crippen LogP contribution in [0.15, 0.2) is 48.7 Å². The van der Waals surface area contributed by atoms with Gasteiger partial charge in [0.15, 0.2) is 6.61 Å². The van der Waals surface area contributed by atoms with Gasteiger partial charge in [0.1, 0.15) is 11.6 Å². The molecule has 136 valence electrons. The minimum atomic E-state index is -0.215. The van der Waals surface area contributed by atoms with E-state index in [1.807, 2.05) is 0 Å². The second-order valence-corrected chi connectivity index (χ2v) is 6.19. The maximum atomic E-state index is 12.3. The first-order valence-corrected chi connectivity index (χ1v) is 8.63. The van der Waals surface area contributed by atoms with Gasteiger partial charge in [-0.1, -0.05) is 17.7 Å². The number of ether oxygens (including phenoxy) is 1. The summed E-state index contributed by atoms with van der Waals surface area (Å²) < 4.78 is 5.48. The molecule has 0 spiro atoms. The number of carbonyl (C=O) groups excluding carboxylic acids is 2. The van der Waals surface area contributed by atoms with Gasteiger partial charge in [0.05, 0.1) is 0 Å². The molecule has 1 aliphatic heterocycles. The van der Waals surface area contributed by atoms with Crippen LogP contribution in [0.25, 0.3) is 0 Å². The topological polar surface area (TPSA) is 74.8 Å². The molecule has 3 rings (SSSR count). The van der Waals surface area contributed by atoms with Crippen molar-refractivity contribution in [1.29, 1.82) is 0 Å². The number of anilines is 1. The van der Waals surface area contributed by atoms with Gasteiger partial charge >= 0.3 is 6.03 Å². The molecule has 1 aliphatic rings. The normalized spacial score (nSPS) is 14.0. The molecule has 0 unspecified atom stereocenters. The molecular formula is C18H19ClN4O3. The molecule has 1 fully saturated rings. The van der Waals surface area contributed by atoms with E-state index in [1.54, 1.807) is 58.5 Å². The van der Waals surface area contributed by atoms with Gasteiger partial charge < -0.3 is 14.5 Å². The van der Waals surface area contributed by atoms with Crippen LogP contribution in [-0.2, 0) is 4.79 Å². The third-order valence-electron chi connectivity index (χ3n) is 4.00. The summed E-state index contributed by atoms with van der Waals surface area (Å²) in [6, 6.07) is 12.0. The lowest BCUT2D eigenvalue weighted by Gasteiger charge is -2.34. The van der Waals surface area contributed by atoms with Crippen LogP contribution in [0.5, 0.6) is 5.75 Å². The van der Waals surface area contributed by atoms with Gasteiger partial charge in [0, 0.05) is 37.4 Å². The van der Waals surface area contributed by atoms with Crippen LogP contribution in [0.2, 0.25) is 5.02 Å². The Labute approximate surface area is 156 Å². The van der Waals surface area contributed by atoms with Gasteiger partial charge in [-0.3, -0.25) is 10.1 Å². The van der Waals surface area contributed by atoms with E-state index < -0.39 is 0 Å². The smallest absolute Gasteiger partial charge is 0.323 e. The van der Waals surface area contributed by atoms with Gasteiger partial charge in [0.25, 0.3) is 5.91 Å². The fourth-order valence-electron chi connectivity index (χ4n) is 2.55. The Balaban J connectivity index is 1.43. The van der Waals surface area contributed by atoms with E-state index in [4.69, 9.17) is 16.3 Å². The van der Waals surface area contributed by atoms with Crippen LogP contribution in [0.4, 0.5) is 10.6 Å². The summed E-state index contributed by atoms with van der Waals surface area (Å²) in [6.45, 7) is 1.83. The van der Waals surface area contributed by atoms with Crippen LogP contribution in [0, 0.1) is 0 Å². The highest BCUT2D eigenvalue weighted by Gasteiger charge is 2.24. The Morgan fingerprint density at radius 1 is 1.04 bits per heavy atom. The van der Waals surface area contributed by atoms with E-state index in [9.17, 15) is 9.59 Å². The summed E-state index contributed by atoms with van der Waals surface area (Å²) in [5.41, 5.74) is 0. The first-order valence-electron chi connectivity index (χ1n) is 8.25. The lowest BCUT2D eigenvalue weighted by molar-refractivity contribution is -0.134. The number of pyridine rings is 1. The number of nitrogens with zero attached hydrogens (tertiary/aromatic N) is 3. The Morgan fingerprint density at radius 3 is 2.38 bits per heavy atom. The number of piperazine rings is 1. The standard InChI is InChI=1S/C18H19ClN4O3/c19-14-4-6-15(7-5-14)26-13-17(24)22-9-11-23(12-10-22)18(25)21-16-3-1-2-8-20-16/h1-8H,9-13H2,(H,20,21,25). The molecule has 1 N–H and O–H groups in total. The molecule has 2 aromatic rings. The first-order chi connectivity index (χ1) is 12.6. The molecule has 7 nitrogen and oxygen atoms in total. The number of carbonyl (C=O) groups is 2. The largest absolute Gasteiger partial charge is 0.484 e. The zero-order valence-electron chi connectivity index (χ0n) is 14.1. The van der Waals surface area contributed by atoms with Crippen molar-refractivity contribution < 1.29 is 14.3 Å². The summed E-state index contributed by atoms with van der Waals surface area (Å²) in [6.07, 6.45) is 1.62. The average Bonchev–Trinajstić information content (AvgIpc) is 2.68. The Kier molecular flexibility index (Phi) is 5.91. The van der Waals surface area contributed by atoms with Gasteiger partial charge in [0.2, 0.25) is 0 Å². The average molecular weight is 375 g/mol. The molecule has 0 saturated carbocycles. The van der Waals surface area contributed by atoms with Crippen molar-refractivity contribution >= 4 is 29.4 Å². The molecule has 2 heterocycles. The van der Waals surface area contributed by atoms with Crippen molar-refractivity contribution in [3.8, 4) is 5.75 Å². The number of benzene rings is 1. The molecule has 0 aliphatic carbocycles. The molecule has 0 radical (unpaired) electrons. The quantitative estimate of drug-likeness (QED) is 0.892. The van der Waals surface area contributed by atoms with E-state index in [0.717, 1.165) is 0 Å². The van der Waals surface area contributed by atoms with Crippen molar-refractivity contribution in [2.45, 2.75) is 0 Å². The van der Waals surface area contributed by atoms with Crippen LogP contribution in [0.1, 0.15) is 0 Å². The SMILES string of the molecule is O=C(COc1ccc(Cl)cc1)N1CCN(C(=O)Nc2ccccn2)CC1. The summed E-state index contributed by atoms with van der Waals surface area (Å²) in [5.74, 6) is 0.994. The minimum absolute atomic E-state index is 0.0399. The molecular weight excluding hydrogens is 356 g/mol. The summed E-state index contributed by atoms with van der Waals surface area (Å²) >= 11 is 5.81. The Bertz CT molecular complexity index is 747. The molecule has 0 bridgehead atoms. The zero-order valence-corrected chi connectivity index (χ0v) is 14.9. The lowest BCUT2D eigenvalue weighted by Crippen LogP contribution is -2.52. The van der Waals surface area contributed by atoms with Gasteiger partial charge in [-0.05, 0) is 36.4 Å². The van der Waals surface area contributed by atoms with E-state index in [1.165, 1.54) is 0 Å². The lowest BCUT2D eigenvalue weighted by atomic mass is 10.3. The van der Waals surface area contributed by atoms with Crippen molar-refractivity contribution in [2.24, 2.45) is 0 Å². The summed E-state index contributed by atoms with van der Waals surface area (Å²) in [4.78, 5) is 31.9. The van der Waals surface area contributed by atoms with E-state index in [2.05, 4.69) is 10.3 Å². The second-order valence-electron chi connectivity index (χ2n) is 5.76. The molecule has 26 heavy (non-hydrogen) atoms. The summed E-state index contributed by atoms with van der Waals surface area (Å²) in [7, 11) is 0. The zero-order chi connectivity index (χ0) is 18.4. The van der Waals surface area contributed by atoms with Crippen molar-refractivity contribution in [2.75, 3.05) is 38.1 Å².